The third-order valence-electron chi connectivity index (χ3n) is 4.18. The van der Waals surface area contributed by atoms with Gasteiger partial charge < -0.3 is 4.74 Å². The summed E-state index contributed by atoms with van der Waals surface area (Å²) in [5, 5.41) is 0. The van der Waals surface area contributed by atoms with Crippen LogP contribution in [-0.2, 0) is 16.0 Å². The van der Waals surface area contributed by atoms with E-state index in [1.54, 1.807) is 0 Å². The third-order valence-corrected chi connectivity index (χ3v) is 5.26. The van der Waals surface area contributed by atoms with Crippen LogP contribution in [0, 0.1) is 3.57 Å². The quantitative estimate of drug-likeness (QED) is 0.339. The SMILES string of the molecule is CC(C)(C)OC(=O)CC1N=C(c2ccccc2)c2cc(I)ccc2CC1=S. The van der Waals surface area contributed by atoms with Gasteiger partial charge in [-0.25, -0.2) is 0 Å². The Kier molecular flexibility index (Phi) is 6.11. The number of halogens is 1. The van der Waals surface area contributed by atoms with Crippen LogP contribution < -0.4 is 0 Å². The van der Waals surface area contributed by atoms with Gasteiger partial charge in [-0.3, -0.25) is 9.79 Å². The number of hydrogen-bond acceptors (Lipinski definition) is 4. The molecule has 5 heteroatoms. The van der Waals surface area contributed by atoms with Crippen LogP contribution >= 0.6 is 34.8 Å². The zero-order chi connectivity index (χ0) is 19.6. The summed E-state index contributed by atoms with van der Waals surface area (Å²) in [5.74, 6) is -0.272. The highest BCUT2D eigenvalue weighted by Crippen LogP contribution is 2.25. The second-order valence-corrected chi connectivity index (χ2v) is 9.36. The number of nitrogens with zero attached hydrogens (tertiary/aromatic N) is 1. The number of hydrogen-bond donors (Lipinski definition) is 0. The van der Waals surface area contributed by atoms with Gasteiger partial charge >= 0.3 is 5.97 Å². The van der Waals surface area contributed by atoms with Crippen LogP contribution in [0.25, 0.3) is 0 Å². The van der Waals surface area contributed by atoms with E-state index >= 15 is 0 Å². The highest BCUT2D eigenvalue weighted by molar-refractivity contribution is 14.1. The molecule has 1 aliphatic heterocycles. The minimum absolute atomic E-state index is 0.164. The third kappa shape index (κ3) is 5.23. The topological polar surface area (TPSA) is 38.7 Å². The number of benzene rings is 2. The molecule has 0 radical (unpaired) electrons. The van der Waals surface area contributed by atoms with Gasteiger partial charge in [-0.05, 0) is 61.1 Å². The van der Waals surface area contributed by atoms with Gasteiger partial charge in [0.1, 0.15) is 5.60 Å². The summed E-state index contributed by atoms with van der Waals surface area (Å²) >= 11 is 7.98. The summed E-state index contributed by atoms with van der Waals surface area (Å²) in [4.78, 5) is 18.1. The van der Waals surface area contributed by atoms with Crippen molar-refractivity contribution >= 4 is 51.4 Å². The Balaban J connectivity index is 2.03. The average molecular weight is 491 g/mol. The first kappa shape index (κ1) is 20.1. The minimum Gasteiger partial charge on any atom is -0.460 e. The van der Waals surface area contributed by atoms with E-state index in [0.29, 0.717) is 6.42 Å². The van der Waals surface area contributed by atoms with Gasteiger partial charge in [-0.1, -0.05) is 48.6 Å². The van der Waals surface area contributed by atoms with E-state index in [1.165, 1.54) is 0 Å². The first-order chi connectivity index (χ1) is 12.7. The molecule has 1 unspecified atom stereocenters. The second kappa shape index (κ2) is 8.19. The molecule has 1 aliphatic rings. The first-order valence-electron chi connectivity index (χ1n) is 8.89. The predicted molar refractivity (Wildman–Crippen MR) is 122 cm³/mol. The summed E-state index contributed by atoms with van der Waals surface area (Å²) in [5.41, 5.74) is 3.63. The molecule has 27 heavy (non-hydrogen) atoms. The molecule has 0 aliphatic carbocycles. The average Bonchev–Trinajstić information content (AvgIpc) is 2.71. The van der Waals surface area contributed by atoms with Crippen molar-refractivity contribution in [3.8, 4) is 0 Å². The number of thiocarbonyl (C=S) groups is 1. The second-order valence-electron chi connectivity index (χ2n) is 7.59. The van der Waals surface area contributed by atoms with Crippen LogP contribution in [0.1, 0.15) is 43.9 Å². The number of ether oxygens (including phenoxy) is 1. The van der Waals surface area contributed by atoms with Gasteiger partial charge in [-0.2, -0.15) is 0 Å². The Morgan fingerprint density at radius 2 is 1.93 bits per heavy atom. The molecule has 0 saturated carbocycles. The molecule has 0 fully saturated rings. The zero-order valence-corrected chi connectivity index (χ0v) is 18.6. The highest BCUT2D eigenvalue weighted by atomic mass is 127. The van der Waals surface area contributed by atoms with Gasteiger partial charge in [0.15, 0.2) is 0 Å². The number of rotatable bonds is 3. The van der Waals surface area contributed by atoms with Crippen molar-refractivity contribution in [3.63, 3.8) is 0 Å². The number of carbonyl (C=O) groups is 1. The van der Waals surface area contributed by atoms with Crippen LogP contribution in [0.4, 0.5) is 0 Å². The lowest BCUT2D eigenvalue weighted by molar-refractivity contribution is -0.154. The van der Waals surface area contributed by atoms with Crippen LogP contribution in [0.2, 0.25) is 0 Å². The maximum Gasteiger partial charge on any atom is 0.308 e. The van der Waals surface area contributed by atoms with Gasteiger partial charge in [-0.15, -0.1) is 0 Å². The van der Waals surface area contributed by atoms with Gasteiger partial charge in [0, 0.05) is 26.0 Å². The van der Waals surface area contributed by atoms with Gasteiger partial charge in [0.25, 0.3) is 0 Å². The molecule has 1 heterocycles. The molecule has 0 bridgehead atoms. The summed E-state index contributed by atoms with van der Waals surface area (Å²) in [7, 11) is 0. The van der Waals surface area contributed by atoms with Crippen LogP contribution in [-0.4, -0.2) is 28.2 Å². The highest BCUT2D eigenvalue weighted by Gasteiger charge is 2.27. The summed E-state index contributed by atoms with van der Waals surface area (Å²) < 4.78 is 6.64. The maximum absolute atomic E-state index is 12.4. The van der Waals surface area contributed by atoms with Crippen molar-refractivity contribution < 1.29 is 9.53 Å². The van der Waals surface area contributed by atoms with Crippen molar-refractivity contribution in [2.75, 3.05) is 0 Å². The Labute approximate surface area is 179 Å². The maximum atomic E-state index is 12.4. The molecule has 0 aromatic heterocycles. The number of esters is 1. The standard InChI is InChI=1S/C22H22INO2S/c1-22(2,3)26-20(25)13-18-19(27)11-15-9-10-16(23)12-17(15)21(24-18)14-7-5-4-6-8-14/h4-10,12,18H,11,13H2,1-3H3. The van der Waals surface area contributed by atoms with Crippen molar-refractivity contribution in [3.05, 3.63) is 68.8 Å². The molecule has 0 N–H and O–H groups in total. The van der Waals surface area contributed by atoms with E-state index in [2.05, 4.69) is 40.8 Å². The number of fused-ring (bicyclic) bond motifs is 1. The largest absolute Gasteiger partial charge is 0.460 e. The van der Waals surface area contributed by atoms with Crippen molar-refractivity contribution in [1.82, 2.24) is 0 Å². The van der Waals surface area contributed by atoms with E-state index in [1.807, 2.05) is 51.1 Å². The molecule has 0 spiro atoms. The van der Waals surface area contributed by atoms with Gasteiger partial charge in [0.2, 0.25) is 0 Å². The number of carbonyl (C=O) groups excluding carboxylic acids is 1. The molecular formula is C22H22INO2S. The smallest absolute Gasteiger partial charge is 0.308 e. The molecule has 3 nitrogen and oxygen atoms in total. The lowest BCUT2D eigenvalue weighted by Gasteiger charge is -2.21. The predicted octanol–water partition coefficient (Wildman–Crippen LogP) is 5.16. The van der Waals surface area contributed by atoms with E-state index in [0.717, 1.165) is 30.8 Å². The van der Waals surface area contributed by atoms with Crippen molar-refractivity contribution in [2.24, 2.45) is 4.99 Å². The van der Waals surface area contributed by atoms with Crippen LogP contribution in [0.3, 0.4) is 0 Å². The fraction of sp³-hybridized carbons (Fsp3) is 0.318. The van der Waals surface area contributed by atoms with Crippen LogP contribution in [0.15, 0.2) is 53.5 Å². The van der Waals surface area contributed by atoms with E-state index in [9.17, 15) is 4.79 Å². The molecule has 3 rings (SSSR count). The zero-order valence-electron chi connectivity index (χ0n) is 15.7. The summed E-state index contributed by atoms with van der Waals surface area (Å²) in [6, 6.07) is 16.0. The lowest BCUT2D eigenvalue weighted by atomic mass is 9.96. The van der Waals surface area contributed by atoms with Gasteiger partial charge in [0.05, 0.1) is 18.2 Å². The van der Waals surface area contributed by atoms with Crippen LogP contribution in [0.5, 0.6) is 0 Å². The number of aliphatic imine (C=N–C) groups is 1. The molecule has 2 aromatic rings. The minimum atomic E-state index is -0.519. The molecule has 0 amide bonds. The molecule has 2 aromatic carbocycles. The summed E-state index contributed by atoms with van der Waals surface area (Å²) in [6.07, 6.45) is 0.798. The van der Waals surface area contributed by atoms with Crippen molar-refractivity contribution in [2.45, 2.75) is 45.3 Å². The van der Waals surface area contributed by atoms with Crippen molar-refractivity contribution in [1.29, 1.82) is 0 Å². The van der Waals surface area contributed by atoms with E-state index in [-0.39, 0.29) is 18.4 Å². The Hall–Kier alpha value is -1.60. The molecule has 0 saturated heterocycles. The Bertz CT molecular complexity index is 900. The summed E-state index contributed by atoms with van der Waals surface area (Å²) in [6.45, 7) is 5.60. The van der Waals surface area contributed by atoms with E-state index < -0.39 is 5.60 Å². The fourth-order valence-corrected chi connectivity index (χ4v) is 3.84. The van der Waals surface area contributed by atoms with E-state index in [4.69, 9.17) is 21.9 Å². The normalized spacial score (nSPS) is 17.0. The Morgan fingerprint density at radius 1 is 1.22 bits per heavy atom. The lowest BCUT2D eigenvalue weighted by Crippen LogP contribution is -2.29. The first-order valence-corrected chi connectivity index (χ1v) is 10.4. The monoisotopic (exact) mass is 491 g/mol. The Morgan fingerprint density at radius 3 is 2.59 bits per heavy atom. The fourth-order valence-electron chi connectivity index (χ4n) is 3.05. The molecule has 140 valence electrons. The molecule has 1 atom stereocenters. The molecular weight excluding hydrogens is 469 g/mol.